The van der Waals surface area contributed by atoms with E-state index in [9.17, 15) is 14.4 Å². The Morgan fingerprint density at radius 3 is 2.50 bits per heavy atom. The summed E-state index contributed by atoms with van der Waals surface area (Å²) in [6.07, 6.45) is 13.0. The smallest absolute Gasteiger partial charge is 0.306 e. The van der Waals surface area contributed by atoms with E-state index < -0.39 is 0 Å². The Balaban J connectivity index is 0.996. The Kier molecular flexibility index (Phi) is 8.62. The van der Waals surface area contributed by atoms with E-state index in [2.05, 4.69) is 57.3 Å². The highest BCUT2D eigenvalue weighted by Crippen LogP contribution is 2.65. The maximum atomic E-state index is 13.0. The SMILES string of the molecule is CC1(C)C[C@](CCNC(=O)CCC(=O)O[C@H]2CC[C@H]3[C@H]4CCC5=CC(=O)CC[C@]5(C)[C@@H]4CC[C@]23C)(c2ccccc2)CCO1. The van der Waals surface area contributed by atoms with Crippen LogP contribution in [0.5, 0.6) is 0 Å². The number of esters is 1. The fourth-order valence-electron chi connectivity index (χ4n) is 10.5. The van der Waals surface area contributed by atoms with Crippen molar-refractivity contribution in [2.24, 2.45) is 28.6 Å². The third-order valence-corrected chi connectivity index (χ3v) is 12.9. The molecule has 0 unspecified atom stereocenters. The van der Waals surface area contributed by atoms with Gasteiger partial charge < -0.3 is 14.8 Å². The number of benzene rings is 1. The molecule has 3 saturated carbocycles. The Hall–Kier alpha value is -2.47. The van der Waals surface area contributed by atoms with Crippen molar-refractivity contribution < 1.29 is 23.9 Å². The van der Waals surface area contributed by atoms with Crippen LogP contribution in [0.25, 0.3) is 0 Å². The van der Waals surface area contributed by atoms with Crippen molar-refractivity contribution in [1.29, 1.82) is 0 Å². The van der Waals surface area contributed by atoms with E-state index >= 15 is 0 Å². The summed E-state index contributed by atoms with van der Waals surface area (Å²) in [4.78, 5) is 38.0. The summed E-state index contributed by atoms with van der Waals surface area (Å²) < 4.78 is 12.2. The Morgan fingerprint density at radius 1 is 0.932 bits per heavy atom. The Morgan fingerprint density at radius 2 is 1.73 bits per heavy atom. The predicted molar refractivity (Wildman–Crippen MR) is 171 cm³/mol. The molecule has 1 heterocycles. The number of allylic oxidation sites excluding steroid dienone is 1. The quantitative estimate of drug-likeness (QED) is 0.317. The monoisotopic (exact) mass is 603 g/mol. The molecule has 1 aromatic carbocycles. The van der Waals surface area contributed by atoms with Gasteiger partial charge in [0.1, 0.15) is 6.10 Å². The molecule has 7 atom stereocenters. The summed E-state index contributed by atoms with van der Waals surface area (Å²) in [7, 11) is 0. The second kappa shape index (κ2) is 12.0. The Labute approximate surface area is 264 Å². The van der Waals surface area contributed by atoms with E-state index in [0.717, 1.165) is 64.2 Å². The number of ketones is 1. The molecule has 0 bridgehead atoms. The standard InChI is InChI=1S/C38H53NO5/c1-35(2)25-38(21-23-43-35,26-8-6-5-7-9-26)20-22-39-33(41)14-15-34(42)44-32-13-12-30-29-11-10-27-24-28(40)16-18-36(27,3)31(29)17-19-37(30,32)4/h5-9,24,29-32H,10-23,25H2,1-4H3,(H,39,41)/t29-,30+,31-,32+,36+,37+,38-/m1/s1. The largest absolute Gasteiger partial charge is 0.462 e. The van der Waals surface area contributed by atoms with Crippen LogP contribution < -0.4 is 5.32 Å². The molecule has 0 radical (unpaired) electrons. The molecular weight excluding hydrogens is 550 g/mol. The normalized spacial score (nSPS) is 37.6. The topological polar surface area (TPSA) is 81.7 Å². The third kappa shape index (κ3) is 5.92. The molecule has 240 valence electrons. The van der Waals surface area contributed by atoms with E-state index in [4.69, 9.17) is 9.47 Å². The first-order valence-corrected chi connectivity index (χ1v) is 17.3. The highest BCUT2D eigenvalue weighted by Gasteiger charge is 2.60. The number of hydrogen-bond acceptors (Lipinski definition) is 5. The number of carbonyl (C=O) groups excluding carboxylic acids is 3. The number of nitrogens with one attached hydrogen (secondary N) is 1. The second-order valence-electron chi connectivity index (χ2n) is 15.9. The minimum Gasteiger partial charge on any atom is -0.462 e. The third-order valence-electron chi connectivity index (χ3n) is 12.9. The summed E-state index contributed by atoms with van der Waals surface area (Å²) in [5.41, 5.74) is 2.61. The highest BCUT2D eigenvalue weighted by atomic mass is 16.5. The van der Waals surface area contributed by atoms with Gasteiger partial charge >= 0.3 is 5.97 Å². The highest BCUT2D eigenvalue weighted by molar-refractivity contribution is 5.91. The molecule has 6 rings (SSSR count). The van der Waals surface area contributed by atoms with Crippen LogP contribution in [0.2, 0.25) is 0 Å². The van der Waals surface area contributed by atoms with E-state index in [1.165, 1.54) is 11.1 Å². The summed E-state index contributed by atoms with van der Waals surface area (Å²) >= 11 is 0. The van der Waals surface area contributed by atoms with Crippen molar-refractivity contribution in [2.75, 3.05) is 13.2 Å². The molecule has 4 aliphatic carbocycles. The second-order valence-corrected chi connectivity index (χ2v) is 15.9. The van der Waals surface area contributed by atoms with Crippen molar-refractivity contribution >= 4 is 17.7 Å². The van der Waals surface area contributed by atoms with Gasteiger partial charge in [-0.25, -0.2) is 0 Å². The van der Waals surface area contributed by atoms with Gasteiger partial charge in [0, 0.05) is 36.8 Å². The van der Waals surface area contributed by atoms with Gasteiger partial charge in [0.2, 0.25) is 5.91 Å². The fraction of sp³-hybridized carbons (Fsp3) is 0.711. The molecule has 6 nitrogen and oxygen atoms in total. The molecule has 44 heavy (non-hydrogen) atoms. The molecule has 5 aliphatic rings. The first-order chi connectivity index (χ1) is 20.9. The van der Waals surface area contributed by atoms with Crippen molar-refractivity contribution in [3.05, 3.63) is 47.5 Å². The molecule has 4 fully saturated rings. The van der Waals surface area contributed by atoms with Gasteiger partial charge in [0.05, 0.1) is 12.0 Å². The van der Waals surface area contributed by atoms with Crippen LogP contribution in [0, 0.1) is 28.6 Å². The van der Waals surface area contributed by atoms with Crippen molar-refractivity contribution in [3.8, 4) is 0 Å². The lowest BCUT2D eigenvalue weighted by Crippen LogP contribution is -2.51. The number of amides is 1. The average molecular weight is 604 g/mol. The van der Waals surface area contributed by atoms with Gasteiger partial charge in [-0.3, -0.25) is 14.4 Å². The summed E-state index contributed by atoms with van der Waals surface area (Å²) in [6.45, 7) is 10.3. The van der Waals surface area contributed by atoms with Crippen LogP contribution in [0.4, 0.5) is 0 Å². The molecule has 1 saturated heterocycles. The zero-order chi connectivity index (χ0) is 31.2. The molecule has 1 aromatic rings. The molecule has 1 N–H and O–H groups in total. The minimum atomic E-state index is -0.243. The van der Waals surface area contributed by atoms with Crippen LogP contribution in [0.15, 0.2) is 42.0 Å². The first-order valence-electron chi connectivity index (χ1n) is 17.3. The van der Waals surface area contributed by atoms with Crippen LogP contribution in [-0.4, -0.2) is 42.5 Å². The molecule has 6 heteroatoms. The van der Waals surface area contributed by atoms with Crippen molar-refractivity contribution in [1.82, 2.24) is 5.32 Å². The van der Waals surface area contributed by atoms with E-state index in [0.29, 0.717) is 43.1 Å². The van der Waals surface area contributed by atoms with Crippen molar-refractivity contribution in [2.45, 2.75) is 128 Å². The molecular formula is C38H53NO5. The number of hydrogen-bond donors (Lipinski definition) is 1. The van der Waals surface area contributed by atoms with E-state index in [1.807, 2.05) is 12.1 Å². The van der Waals surface area contributed by atoms with E-state index in [-0.39, 0.29) is 52.7 Å². The maximum Gasteiger partial charge on any atom is 0.306 e. The van der Waals surface area contributed by atoms with E-state index in [1.54, 1.807) is 0 Å². The first kappa shape index (κ1) is 31.5. The number of ether oxygens (including phenoxy) is 2. The lowest BCUT2D eigenvalue weighted by molar-refractivity contribution is -0.160. The van der Waals surface area contributed by atoms with Crippen LogP contribution in [0.3, 0.4) is 0 Å². The lowest BCUT2D eigenvalue weighted by Gasteiger charge is -2.57. The fourth-order valence-corrected chi connectivity index (χ4v) is 10.5. The number of fused-ring (bicyclic) bond motifs is 5. The lowest BCUT2D eigenvalue weighted by atomic mass is 9.47. The van der Waals surface area contributed by atoms with Crippen LogP contribution in [-0.2, 0) is 29.3 Å². The molecule has 0 spiro atoms. The van der Waals surface area contributed by atoms with Gasteiger partial charge in [0.15, 0.2) is 5.78 Å². The predicted octanol–water partition coefficient (Wildman–Crippen LogP) is 7.24. The van der Waals surface area contributed by atoms with Gasteiger partial charge in [-0.05, 0) is 113 Å². The van der Waals surface area contributed by atoms with Gasteiger partial charge in [-0.2, -0.15) is 0 Å². The number of rotatable bonds is 8. The molecule has 1 amide bonds. The van der Waals surface area contributed by atoms with Gasteiger partial charge in [-0.15, -0.1) is 0 Å². The van der Waals surface area contributed by atoms with Crippen LogP contribution >= 0.6 is 0 Å². The van der Waals surface area contributed by atoms with Crippen molar-refractivity contribution in [3.63, 3.8) is 0 Å². The Bertz CT molecular complexity index is 1290. The maximum absolute atomic E-state index is 13.0. The number of carbonyl (C=O) groups is 3. The van der Waals surface area contributed by atoms with Gasteiger partial charge in [-0.1, -0.05) is 49.8 Å². The van der Waals surface area contributed by atoms with Crippen LogP contribution in [0.1, 0.15) is 117 Å². The average Bonchev–Trinajstić information content (AvgIpc) is 3.32. The minimum absolute atomic E-state index is 0.00436. The molecule has 1 aliphatic heterocycles. The van der Waals surface area contributed by atoms with Gasteiger partial charge in [0.25, 0.3) is 0 Å². The summed E-state index contributed by atoms with van der Waals surface area (Å²) in [6, 6.07) is 10.6. The summed E-state index contributed by atoms with van der Waals surface area (Å²) in [5.74, 6) is 1.80. The zero-order valence-corrected chi connectivity index (χ0v) is 27.4. The summed E-state index contributed by atoms with van der Waals surface area (Å²) in [5, 5.41) is 3.10. The zero-order valence-electron chi connectivity index (χ0n) is 27.4. The molecule has 0 aromatic heterocycles.